The Bertz CT molecular complexity index is 1380. The maximum absolute atomic E-state index is 13.5. The molecule has 0 N–H and O–H groups in total. The van der Waals surface area contributed by atoms with Crippen molar-refractivity contribution in [3.63, 3.8) is 0 Å². The number of nitrogens with zero attached hydrogens (tertiary/aromatic N) is 1. The molecule has 0 radical (unpaired) electrons. The lowest BCUT2D eigenvalue weighted by Gasteiger charge is -2.19. The third-order valence-corrected chi connectivity index (χ3v) is 6.88. The van der Waals surface area contributed by atoms with Gasteiger partial charge in [0.05, 0.1) is 6.61 Å². The van der Waals surface area contributed by atoms with Crippen molar-refractivity contribution < 1.29 is 19.1 Å². The first-order valence-corrected chi connectivity index (χ1v) is 14.0. The molecule has 0 amide bonds. The number of rotatable bonds is 13. The van der Waals surface area contributed by atoms with Gasteiger partial charge in [-0.25, -0.2) is 0 Å². The van der Waals surface area contributed by atoms with Crippen LogP contribution in [0.5, 0.6) is 5.75 Å². The molecule has 0 aliphatic carbocycles. The van der Waals surface area contributed by atoms with E-state index in [9.17, 15) is 9.59 Å². The second-order valence-corrected chi connectivity index (χ2v) is 10.4. The van der Waals surface area contributed by atoms with E-state index in [1.165, 1.54) is 5.56 Å². The number of carbonyl (C=O) groups excluding carboxylic acids is 2. The molecule has 0 spiro atoms. The van der Waals surface area contributed by atoms with E-state index in [0.717, 1.165) is 35.1 Å². The molecule has 0 unspecified atom stereocenters. The van der Waals surface area contributed by atoms with E-state index in [1.807, 2.05) is 61.7 Å². The van der Waals surface area contributed by atoms with Crippen LogP contribution in [0.15, 0.2) is 79.0 Å². The van der Waals surface area contributed by atoms with Crippen molar-refractivity contribution in [1.82, 2.24) is 4.57 Å². The minimum absolute atomic E-state index is 0.0327. The maximum atomic E-state index is 13.5. The number of esters is 1. The molecule has 5 heteroatoms. The Morgan fingerprint density at radius 1 is 0.897 bits per heavy atom. The number of carbonyl (C=O) groups is 2. The number of hydrogen-bond acceptors (Lipinski definition) is 4. The molecule has 204 valence electrons. The number of fused-ring (bicyclic) bond motifs is 1. The maximum Gasteiger partial charge on any atom is 0.305 e. The monoisotopic (exact) mass is 525 g/mol. The summed E-state index contributed by atoms with van der Waals surface area (Å²) in [6.45, 7) is 9.41. The van der Waals surface area contributed by atoms with Gasteiger partial charge < -0.3 is 14.0 Å². The summed E-state index contributed by atoms with van der Waals surface area (Å²) in [5.41, 5.74) is 4.74. The van der Waals surface area contributed by atoms with Crippen LogP contribution in [0.25, 0.3) is 10.9 Å². The third-order valence-electron chi connectivity index (χ3n) is 6.88. The van der Waals surface area contributed by atoms with Crippen LogP contribution in [0, 0.1) is 5.92 Å². The van der Waals surface area contributed by atoms with Crippen LogP contribution in [0.3, 0.4) is 0 Å². The second-order valence-electron chi connectivity index (χ2n) is 10.4. The largest absolute Gasteiger partial charge is 0.486 e. The van der Waals surface area contributed by atoms with Gasteiger partial charge in [0.1, 0.15) is 11.9 Å². The Balaban J connectivity index is 1.46. The van der Waals surface area contributed by atoms with Gasteiger partial charge in [0.2, 0.25) is 0 Å². The Morgan fingerprint density at radius 2 is 1.62 bits per heavy atom. The number of ketones is 1. The van der Waals surface area contributed by atoms with Gasteiger partial charge in [0.15, 0.2) is 5.78 Å². The molecule has 4 aromatic rings. The average molecular weight is 526 g/mol. The molecule has 5 nitrogen and oxygen atoms in total. The van der Waals surface area contributed by atoms with Crippen molar-refractivity contribution in [3.8, 4) is 5.75 Å². The molecule has 1 aromatic heterocycles. The van der Waals surface area contributed by atoms with Crippen LogP contribution < -0.4 is 4.74 Å². The highest BCUT2D eigenvalue weighted by atomic mass is 16.5. The number of ether oxygens (including phenoxy) is 2. The molecular formula is C34H39NO4. The molecule has 0 saturated heterocycles. The van der Waals surface area contributed by atoms with Crippen LogP contribution in [-0.4, -0.2) is 22.9 Å². The lowest BCUT2D eigenvalue weighted by molar-refractivity contribution is -0.143. The van der Waals surface area contributed by atoms with E-state index in [-0.39, 0.29) is 17.9 Å². The first-order chi connectivity index (χ1) is 18.9. The third kappa shape index (κ3) is 7.17. The smallest absolute Gasteiger partial charge is 0.305 e. The molecular weight excluding hydrogens is 486 g/mol. The molecule has 0 fully saturated rings. The van der Waals surface area contributed by atoms with Crippen molar-refractivity contribution in [1.29, 1.82) is 0 Å². The van der Waals surface area contributed by atoms with Gasteiger partial charge in [-0.1, -0.05) is 63.2 Å². The van der Waals surface area contributed by atoms with Crippen molar-refractivity contribution >= 4 is 22.7 Å². The van der Waals surface area contributed by atoms with Crippen molar-refractivity contribution in [2.75, 3.05) is 6.61 Å². The normalized spacial score (nSPS) is 12.0. The van der Waals surface area contributed by atoms with Crippen LogP contribution in [0.4, 0.5) is 0 Å². The fourth-order valence-corrected chi connectivity index (χ4v) is 4.97. The molecule has 0 saturated carbocycles. The molecule has 1 atom stereocenters. The van der Waals surface area contributed by atoms with Gasteiger partial charge >= 0.3 is 5.97 Å². The van der Waals surface area contributed by atoms with E-state index in [2.05, 4.69) is 49.6 Å². The lowest BCUT2D eigenvalue weighted by Crippen LogP contribution is -2.07. The van der Waals surface area contributed by atoms with E-state index in [1.54, 1.807) is 0 Å². The van der Waals surface area contributed by atoms with Gasteiger partial charge in [-0.15, -0.1) is 0 Å². The summed E-state index contributed by atoms with van der Waals surface area (Å²) in [5, 5.41) is 0.908. The summed E-state index contributed by atoms with van der Waals surface area (Å²) >= 11 is 0. The zero-order valence-corrected chi connectivity index (χ0v) is 23.5. The zero-order chi connectivity index (χ0) is 27.8. The number of aromatic nitrogens is 1. The fourth-order valence-electron chi connectivity index (χ4n) is 4.97. The highest BCUT2D eigenvalue weighted by Gasteiger charge is 2.18. The summed E-state index contributed by atoms with van der Waals surface area (Å²) in [6.07, 6.45) is 4.77. The van der Waals surface area contributed by atoms with Crippen molar-refractivity contribution in [3.05, 3.63) is 101 Å². The quantitative estimate of drug-likeness (QED) is 0.131. The van der Waals surface area contributed by atoms with Crippen molar-refractivity contribution in [2.24, 2.45) is 5.92 Å². The van der Waals surface area contributed by atoms with Crippen LogP contribution >= 0.6 is 0 Å². The highest BCUT2D eigenvalue weighted by Crippen LogP contribution is 2.28. The Hall–Kier alpha value is -3.86. The van der Waals surface area contributed by atoms with E-state index in [0.29, 0.717) is 43.0 Å². The van der Waals surface area contributed by atoms with Gasteiger partial charge in [-0.3, -0.25) is 9.59 Å². The Labute approximate surface area is 231 Å². The topological polar surface area (TPSA) is 57.5 Å². The molecule has 39 heavy (non-hydrogen) atoms. The SMILES string of the molecule is CCOC(=O)CCCn1cc(C(=O)c2ccc(O[C@@H](CC)c3ccc(CC(C)C)cc3)cc2)c2ccccc21. The van der Waals surface area contributed by atoms with E-state index < -0.39 is 0 Å². The minimum Gasteiger partial charge on any atom is -0.486 e. The summed E-state index contributed by atoms with van der Waals surface area (Å²) in [6, 6.07) is 24.0. The molecule has 4 rings (SSSR count). The molecule has 3 aromatic carbocycles. The minimum atomic E-state index is -0.193. The fraction of sp³-hybridized carbons (Fsp3) is 0.353. The van der Waals surface area contributed by atoms with Crippen LogP contribution in [0.1, 0.15) is 80.1 Å². The predicted octanol–water partition coefficient (Wildman–Crippen LogP) is 7.94. The molecule has 0 bridgehead atoms. The number of hydrogen-bond donors (Lipinski definition) is 0. The number of para-hydroxylation sites is 1. The Morgan fingerprint density at radius 3 is 2.28 bits per heavy atom. The predicted molar refractivity (Wildman–Crippen MR) is 156 cm³/mol. The first-order valence-electron chi connectivity index (χ1n) is 14.0. The standard InChI is InChI=1S/C34H39NO4/c1-5-32(26-15-13-25(14-16-26)22-24(3)4)39-28-19-17-27(18-20-28)34(37)30-23-35(21-9-12-33(36)38-6-2)31-11-8-7-10-29(30)31/h7-8,10-11,13-20,23-24,32H,5-6,9,12,21-22H2,1-4H3/t32-/m0/s1. The van der Waals surface area contributed by atoms with Crippen LogP contribution in [0.2, 0.25) is 0 Å². The summed E-state index contributed by atoms with van der Waals surface area (Å²) in [7, 11) is 0. The summed E-state index contributed by atoms with van der Waals surface area (Å²) < 4.78 is 13.4. The molecule has 0 aliphatic heterocycles. The zero-order valence-electron chi connectivity index (χ0n) is 23.5. The van der Waals surface area contributed by atoms with E-state index >= 15 is 0 Å². The van der Waals surface area contributed by atoms with Crippen LogP contribution in [-0.2, 0) is 22.5 Å². The molecule has 1 heterocycles. The van der Waals surface area contributed by atoms with Gasteiger partial charge in [-0.05, 0) is 73.6 Å². The highest BCUT2D eigenvalue weighted by molar-refractivity contribution is 6.16. The van der Waals surface area contributed by atoms with Gasteiger partial charge in [-0.2, -0.15) is 0 Å². The second kappa shape index (κ2) is 13.3. The summed E-state index contributed by atoms with van der Waals surface area (Å²) in [5.74, 6) is 1.14. The average Bonchev–Trinajstić information content (AvgIpc) is 3.30. The Kier molecular flexibility index (Phi) is 9.59. The van der Waals surface area contributed by atoms with E-state index in [4.69, 9.17) is 9.47 Å². The number of aryl methyl sites for hydroxylation is 1. The lowest BCUT2D eigenvalue weighted by atomic mass is 9.99. The molecule has 0 aliphatic rings. The van der Waals surface area contributed by atoms with Gasteiger partial charge in [0, 0.05) is 41.2 Å². The summed E-state index contributed by atoms with van der Waals surface area (Å²) in [4.78, 5) is 25.3. The number of benzene rings is 3. The van der Waals surface area contributed by atoms with Gasteiger partial charge in [0.25, 0.3) is 0 Å². The first kappa shape index (κ1) is 28.2. The van der Waals surface area contributed by atoms with Crippen molar-refractivity contribution in [2.45, 2.75) is 66.0 Å².